The highest BCUT2D eigenvalue weighted by molar-refractivity contribution is 5.59. The fourth-order valence-corrected chi connectivity index (χ4v) is 2.69. The van der Waals surface area contributed by atoms with E-state index >= 15 is 0 Å². The zero-order valence-corrected chi connectivity index (χ0v) is 12.6. The third-order valence-electron chi connectivity index (χ3n) is 3.89. The van der Waals surface area contributed by atoms with E-state index in [2.05, 4.69) is 20.6 Å². The Bertz CT molecular complexity index is 754. The Morgan fingerprint density at radius 3 is 3.17 bits per heavy atom. The second-order valence-electron chi connectivity index (χ2n) is 5.50. The average molecular weight is 311 g/mol. The molecule has 4 heterocycles. The lowest BCUT2D eigenvalue weighted by Gasteiger charge is -2.24. The molecule has 0 saturated heterocycles. The fraction of sp³-hybridized carbons (Fsp3) is 0.312. The van der Waals surface area contributed by atoms with Crippen molar-refractivity contribution < 1.29 is 9.15 Å². The van der Waals surface area contributed by atoms with Crippen molar-refractivity contribution in [2.24, 2.45) is 0 Å². The minimum atomic E-state index is 0.0813. The van der Waals surface area contributed by atoms with Crippen LogP contribution >= 0.6 is 0 Å². The van der Waals surface area contributed by atoms with Gasteiger partial charge in [0.1, 0.15) is 5.69 Å². The Labute approximate surface area is 133 Å². The van der Waals surface area contributed by atoms with Gasteiger partial charge in [-0.15, -0.1) is 5.10 Å². The summed E-state index contributed by atoms with van der Waals surface area (Å²) in [5.41, 5.74) is 3.95. The van der Waals surface area contributed by atoms with Gasteiger partial charge in [0.05, 0.1) is 37.5 Å². The third-order valence-corrected chi connectivity index (χ3v) is 3.89. The van der Waals surface area contributed by atoms with E-state index in [1.54, 1.807) is 24.9 Å². The predicted octanol–water partition coefficient (Wildman–Crippen LogP) is 1.62. The van der Waals surface area contributed by atoms with E-state index in [9.17, 15) is 0 Å². The van der Waals surface area contributed by atoms with Crippen molar-refractivity contribution in [1.29, 1.82) is 0 Å². The molecule has 0 radical (unpaired) electrons. The molecule has 1 aliphatic heterocycles. The van der Waals surface area contributed by atoms with Crippen LogP contribution in [0.3, 0.4) is 0 Å². The van der Waals surface area contributed by atoms with E-state index in [1.807, 2.05) is 22.9 Å². The lowest BCUT2D eigenvalue weighted by molar-refractivity contribution is 0.00124. The number of rotatable bonds is 5. The number of ether oxygens (including phenoxy) is 1. The molecule has 4 rings (SSSR count). The number of nitrogens with zero attached hydrogens (tertiary/aromatic N) is 4. The summed E-state index contributed by atoms with van der Waals surface area (Å²) in [6.45, 7) is 2.73. The first-order valence-electron chi connectivity index (χ1n) is 7.56. The summed E-state index contributed by atoms with van der Waals surface area (Å²) >= 11 is 0. The van der Waals surface area contributed by atoms with Crippen molar-refractivity contribution >= 4 is 0 Å². The second-order valence-corrected chi connectivity index (χ2v) is 5.50. The van der Waals surface area contributed by atoms with Crippen LogP contribution in [0.25, 0.3) is 11.3 Å². The maximum absolute atomic E-state index is 5.94. The maximum Gasteiger partial charge on any atom is 0.120 e. The van der Waals surface area contributed by atoms with E-state index in [4.69, 9.17) is 9.15 Å². The minimum Gasteiger partial charge on any atom is -0.472 e. The van der Waals surface area contributed by atoms with Crippen LogP contribution in [0, 0.1) is 0 Å². The molecular formula is C16H17N5O2. The Morgan fingerprint density at radius 2 is 2.35 bits per heavy atom. The number of nitrogens with one attached hydrogen (secondary N) is 1. The molecule has 0 saturated carbocycles. The minimum absolute atomic E-state index is 0.0813. The van der Waals surface area contributed by atoms with Gasteiger partial charge >= 0.3 is 0 Å². The summed E-state index contributed by atoms with van der Waals surface area (Å²) in [6, 6.07) is 5.83. The number of fused-ring (bicyclic) bond motifs is 1. The number of hydrogen-bond acceptors (Lipinski definition) is 6. The van der Waals surface area contributed by atoms with Crippen LogP contribution in [-0.2, 0) is 24.4 Å². The van der Waals surface area contributed by atoms with Gasteiger partial charge in [0.15, 0.2) is 0 Å². The van der Waals surface area contributed by atoms with Gasteiger partial charge < -0.3 is 14.5 Å². The van der Waals surface area contributed by atoms with Gasteiger partial charge in [-0.1, -0.05) is 5.21 Å². The SMILES string of the molecule is c1cncc(-c2nnn3c2COC(CNCc2ccoc2)C3)c1. The highest BCUT2D eigenvalue weighted by atomic mass is 16.5. The smallest absolute Gasteiger partial charge is 0.120 e. The molecule has 1 unspecified atom stereocenters. The molecule has 3 aromatic heterocycles. The first-order valence-corrected chi connectivity index (χ1v) is 7.56. The van der Waals surface area contributed by atoms with Crippen molar-refractivity contribution in [3.05, 3.63) is 54.4 Å². The summed E-state index contributed by atoms with van der Waals surface area (Å²) in [7, 11) is 0. The van der Waals surface area contributed by atoms with E-state index < -0.39 is 0 Å². The van der Waals surface area contributed by atoms with Crippen LogP contribution in [0.5, 0.6) is 0 Å². The van der Waals surface area contributed by atoms with E-state index in [0.29, 0.717) is 13.2 Å². The molecule has 118 valence electrons. The van der Waals surface area contributed by atoms with Crippen LogP contribution in [0.2, 0.25) is 0 Å². The van der Waals surface area contributed by atoms with Crippen LogP contribution in [0.4, 0.5) is 0 Å². The van der Waals surface area contributed by atoms with Gasteiger partial charge in [-0.2, -0.15) is 0 Å². The molecule has 0 amide bonds. The molecule has 7 heteroatoms. The van der Waals surface area contributed by atoms with Crippen LogP contribution in [0.1, 0.15) is 11.3 Å². The molecule has 0 bridgehead atoms. The molecule has 1 aliphatic rings. The van der Waals surface area contributed by atoms with E-state index in [1.165, 1.54) is 0 Å². The largest absolute Gasteiger partial charge is 0.472 e. The zero-order chi connectivity index (χ0) is 15.5. The summed E-state index contributed by atoms with van der Waals surface area (Å²) < 4.78 is 12.9. The van der Waals surface area contributed by atoms with Gasteiger partial charge in [-0.25, -0.2) is 4.68 Å². The Balaban J connectivity index is 1.39. The van der Waals surface area contributed by atoms with Crippen molar-refractivity contribution in [3.63, 3.8) is 0 Å². The number of aromatic nitrogens is 4. The summed E-state index contributed by atoms with van der Waals surface area (Å²) in [4.78, 5) is 4.13. The van der Waals surface area contributed by atoms with Crippen molar-refractivity contribution in [2.75, 3.05) is 6.54 Å². The molecule has 7 nitrogen and oxygen atoms in total. The summed E-state index contributed by atoms with van der Waals surface area (Å²) in [5.74, 6) is 0. The number of hydrogen-bond donors (Lipinski definition) is 1. The van der Waals surface area contributed by atoms with Crippen molar-refractivity contribution in [3.8, 4) is 11.3 Å². The monoisotopic (exact) mass is 311 g/mol. The van der Waals surface area contributed by atoms with Gasteiger partial charge in [0.2, 0.25) is 0 Å². The van der Waals surface area contributed by atoms with Crippen molar-refractivity contribution in [2.45, 2.75) is 25.8 Å². The number of pyridine rings is 1. The number of furan rings is 1. The van der Waals surface area contributed by atoms with Crippen LogP contribution in [0.15, 0.2) is 47.5 Å². The first-order chi connectivity index (χ1) is 11.4. The Hall–Kier alpha value is -2.51. The van der Waals surface area contributed by atoms with Gasteiger partial charge in [0.25, 0.3) is 0 Å². The molecule has 1 N–H and O–H groups in total. The van der Waals surface area contributed by atoms with E-state index in [0.717, 1.165) is 35.6 Å². The van der Waals surface area contributed by atoms with Crippen LogP contribution in [-0.4, -0.2) is 32.6 Å². The van der Waals surface area contributed by atoms with Gasteiger partial charge in [0, 0.05) is 36.6 Å². The van der Waals surface area contributed by atoms with Gasteiger partial charge in [-0.3, -0.25) is 4.98 Å². The predicted molar refractivity (Wildman–Crippen MR) is 82.2 cm³/mol. The lowest BCUT2D eigenvalue weighted by Crippen LogP contribution is -2.36. The Kier molecular flexibility index (Phi) is 3.87. The highest BCUT2D eigenvalue weighted by Gasteiger charge is 2.24. The van der Waals surface area contributed by atoms with Gasteiger partial charge in [-0.05, 0) is 18.2 Å². The molecule has 3 aromatic rings. The first kappa shape index (κ1) is 14.1. The normalized spacial score (nSPS) is 17.1. The molecule has 0 fully saturated rings. The van der Waals surface area contributed by atoms with E-state index in [-0.39, 0.29) is 6.10 Å². The van der Waals surface area contributed by atoms with Crippen LogP contribution < -0.4 is 5.32 Å². The molecule has 0 aromatic carbocycles. The fourth-order valence-electron chi connectivity index (χ4n) is 2.69. The third kappa shape index (κ3) is 3.01. The zero-order valence-electron chi connectivity index (χ0n) is 12.6. The maximum atomic E-state index is 5.94. The average Bonchev–Trinajstić information content (AvgIpc) is 3.25. The molecule has 23 heavy (non-hydrogen) atoms. The molecule has 0 aliphatic carbocycles. The second kappa shape index (κ2) is 6.31. The standard InChI is InChI=1S/C16H17N5O2/c1-2-13(7-17-4-1)16-15-11-23-14(9-21(15)20-19-16)8-18-6-12-3-5-22-10-12/h1-5,7,10,14,18H,6,8-9,11H2. The Morgan fingerprint density at radius 1 is 1.35 bits per heavy atom. The van der Waals surface area contributed by atoms with Crippen molar-refractivity contribution in [1.82, 2.24) is 25.3 Å². The summed E-state index contributed by atoms with van der Waals surface area (Å²) in [5, 5.41) is 11.9. The molecule has 1 atom stereocenters. The topological polar surface area (TPSA) is 78.0 Å². The summed E-state index contributed by atoms with van der Waals surface area (Å²) in [6.07, 6.45) is 7.04. The molecular weight excluding hydrogens is 294 g/mol. The quantitative estimate of drug-likeness (QED) is 0.771. The lowest BCUT2D eigenvalue weighted by atomic mass is 10.1. The molecule has 0 spiro atoms. The highest BCUT2D eigenvalue weighted by Crippen LogP contribution is 2.24.